The van der Waals surface area contributed by atoms with Crippen LogP contribution in [0.1, 0.15) is 36.1 Å². The van der Waals surface area contributed by atoms with E-state index < -0.39 is 0 Å². The van der Waals surface area contributed by atoms with Crippen molar-refractivity contribution in [3.8, 4) is 5.69 Å². The molecule has 0 amide bonds. The van der Waals surface area contributed by atoms with E-state index in [-0.39, 0.29) is 0 Å². The molecule has 0 saturated carbocycles. The van der Waals surface area contributed by atoms with E-state index in [1.807, 2.05) is 0 Å². The number of fused-ring (bicyclic) bond motifs is 3. The van der Waals surface area contributed by atoms with Crippen molar-refractivity contribution in [2.45, 2.75) is 26.7 Å². The predicted molar refractivity (Wildman–Crippen MR) is 132 cm³/mol. The van der Waals surface area contributed by atoms with Gasteiger partial charge in [0.1, 0.15) is 0 Å². The molecule has 0 spiro atoms. The van der Waals surface area contributed by atoms with Gasteiger partial charge in [0.25, 0.3) is 0 Å². The van der Waals surface area contributed by atoms with Gasteiger partial charge in [-0.1, -0.05) is 81.7 Å². The summed E-state index contributed by atoms with van der Waals surface area (Å²) in [7, 11) is 0. The Morgan fingerprint density at radius 2 is 1.37 bits per heavy atom. The second-order valence-corrected chi connectivity index (χ2v) is 9.09. The van der Waals surface area contributed by atoms with Gasteiger partial charge in [0.2, 0.25) is 0 Å². The lowest BCUT2D eigenvalue weighted by molar-refractivity contribution is 1.07. The lowest BCUT2D eigenvalue weighted by Gasteiger charge is -2.11. The summed E-state index contributed by atoms with van der Waals surface area (Å²) < 4.78 is 3.55. The third-order valence-electron chi connectivity index (χ3n) is 5.92. The highest BCUT2D eigenvalue weighted by Gasteiger charge is 2.15. The van der Waals surface area contributed by atoms with Crippen molar-refractivity contribution in [3.63, 3.8) is 0 Å². The van der Waals surface area contributed by atoms with E-state index in [4.69, 9.17) is 0 Å². The number of benzene rings is 3. The molecule has 0 saturated heterocycles. The Morgan fingerprint density at radius 1 is 0.700 bits per heavy atom. The largest absolute Gasteiger partial charge is 0.316 e. The van der Waals surface area contributed by atoms with E-state index >= 15 is 0 Å². The minimum Gasteiger partial charge on any atom is -0.316 e. The number of nitrogens with zero attached hydrogens (tertiary/aromatic N) is 1. The van der Waals surface area contributed by atoms with Crippen molar-refractivity contribution in [2.24, 2.45) is 0 Å². The summed E-state index contributed by atoms with van der Waals surface area (Å²) in [6, 6.07) is 23.7. The van der Waals surface area contributed by atoms with Crippen LogP contribution in [0.5, 0.6) is 0 Å². The molecule has 2 aliphatic carbocycles. The number of hydrogen-bond donors (Lipinski definition) is 0. The summed E-state index contributed by atoms with van der Waals surface area (Å²) in [5.74, 6) is 0. The van der Waals surface area contributed by atoms with Crippen LogP contribution in [0.25, 0.3) is 28.7 Å². The Hall–Kier alpha value is -2.84. The minimum atomic E-state index is 1.07. The van der Waals surface area contributed by atoms with Crippen LogP contribution >= 0.6 is 15.9 Å². The van der Waals surface area contributed by atoms with Gasteiger partial charge in [0, 0.05) is 16.4 Å². The molecule has 2 heteroatoms. The molecule has 0 aliphatic heterocycles. The molecule has 0 fully saturated rings. The zero-order valence-corrected chi connectivity index (χ0v) is 18.9. The van der Waals surface area contributed by atoms with Crippen molar-refractivity contribution in [3.05, 3.63) is 111 Å². The van der Waals surface area contributed by atoms with Crippen molar-refractivity contribution < 1.29 is 0 Å². The van der Waals surface area contributed by atoms with E-state index in [1.54, 1.807) is 0 Å². The monoisotopic (exact) mass is 453 g/mol. The first-order chi connectivity index (χ1) is 14.6. The quantitative estimate of drug-likeness (QED) is 0.275. The van der Waals surface area contributed by atoms with E-state index in [1.165, 1.54) is 54.5 Å². The maximum absolute atomic E-state index is 3.54. The van der Waals surface area contributed by atoms with Crippen LogP contribution in [0.3, 0.4) is 0 Å². The van der Waals surface area contributed by atoms with Gasteiger partial charge in [-0.25, -0.2) is 0 Å². The molecule has 0 N–H and O–H groups in total. The molecule has 1 aromatic heterocycles. The zero-order valence-electron chi connectivity index (χ0n) is 17.3. The normalized spacial score (nSPS) is 14.0. The molecule has 2 aliphatic rings. The van der Waals surface area contributed by atoms with Crippen LogP contribution in [0.15, 0.2) is 88.5 Å². The maximum atomic E-state index is 3.54. The first-order valence-electron chi connectivity index (χ1n) is 10.4. The van der Waals surface area contributed by atoms with E-state index in [0.717, 1.165) is 12.8 Å². The number of hydrogen-bond acceptors (Lipinski definition) is 0. The first kappa shape index (κ1) is 19.1. The van der Waals surface area contributed by atoms with Gasteiger partial charge in [0.15, 0.2) is 0 Å². The Balaban J connectivity index is 0.000000149. The van der Waals surface area contributed by atoms with Crippen molar-refractivity contribution in [2.75, 3.05) is 0 Å². The van der Waals surface area contributed by atoms with Gasteiger partial charge >= 0.3 is 0 Å². The highest BCUT2D eigenvalue weighted by atomic mass is 79.9. The third-order valence-corrected chi connectivity index (χ3v) is 6.66. The standard InChI is InChI=1S/C18H15N.C10H9Br/c1-13-11-15-6-4-8-18(16(15)12-13)19-10-9-14-5-2-3-7-17(14)19;1-7-5-8-3-2-4-10(11)9(8)6-7/h2-11H,12H2,1H3;2-5H,6H2,1H3. The average Bonchev–Trinajstić information content (AvgIpc) is 3.43. The smallest absolute Gasteiger partial charge is 0.0528 e. The first-order valence-corrected chi connectivity index (χ1v) is 11.2. The van der Waals surface area contributed by atoms with Crippen LogP contribution in [-0.2, 0) is 12.8 Å². The van der Waals surface area contributed by atoms with Gasteiger partial charge in [-0.3, -0.25) is 0 Å². The SMILES string of the molecule is CC1=Cc2cccc(-n3ccc4ccccc43)c2C1.CC1=Cc2cccc(Br)c2C1. The zero-order chi connectivity index (χ0) is 20.7. The Kier molecular flexibility index (Phi) is 4.96. The fourth-order valence-electron chi connectivity index (χ4n) is 4.53. The molecule has 1 nitrogen and oxygen atoms in total. The molecule has 3 aromatic carbocycles. The summed E-state index contributed by atoms with van der Waals surface area (Å²) in [6.07, 6.45) is 8.90. The molecule has 0 unspecified atom stereocenters. The third kappa shape index (κ3) is 3.46. The second-order valence-electron chi connectivity index (χ2n) is 8.23. The molecular weight excluding hydrogens is 430 g/mol. The molecule has 30 heavy (non-hydrogen) atoms. The molecule has 148 valence electrons. The van der Waals surface area contributed by atoms with Crippen LogP contribution < -0.4 is 0 Å². The number of para-hydroxylation sites is 1. The van der Waals surface area contributed by atoms with Gasteiger partial charge in [0.05, 0.1) is 5.52 Å². The summed E-state index contributed by atoms with van der Waals surface area (Å²) >= 11 is 3.54. The molecule has 4 aromatic rings. The Morgan fingerprint density at radius 3 is 2.13 bits per heavy atom. The van der Waals surface area contributed by atoms with E-state index in [0.29, 0.717) is 0 Å². The molecule has 0 radical (unpaired) electrons. The lowest BCUT2D eigenvalue weighted by atomic mass is 10.1. The van der Waals surface area contributed by atoms with Gasteiger partial charge in [-0.15, -0.1) is 0 Å². The highest BCUT2D eigenvalue weighted by molar-refractivity contribution is 9.10. The molecule has 1 heterocycles. The van der Waals surface area contributed by atoms with E-state index in [9.17, 15) is 0 Å². The van der Waals surface area contributed by atoms with E-state index in [2.05, 4.69) is 119 Å². The fraction of sp³-hybridized carbons (Fsp3) is 0.143. The Labute approximate surface area is 186 Å². The van der Waals surface area contributed by atoms with Crippen molar-refractivity contribution in [1.29, 1.82) is 0 Å². The fourth-order valence-corrected chi connectivity index (χ4v) is 5.05. The van der Waals surface area contributed by atoms with Crippen molar-refractivity contribution >= 4 is 39.0 Å². The highest BCUT2D eigenvalue weighted by Crippen LogP contribution is 2.32. The summed E-state index contributed by atoms with van der Waals surface area (Å²) in [4.78, 5) is 0. The maximum Gasteiger partial charge on any atom is 0.0528 e. The van der Waals surface area contributed by atoms with Crippen LogP contribution in [0.4, 0.5) is 0 Å². The number of halogens is 1. The minimum absolute atomic E-state index is 1.07. The van der Waals surface area contributed by atoms with Gasteiger partial charge < -0.3 is 4.57 Å². The van der Waals surface area contributed by atoms with Crippen LogP contribution in [0, 0.1) is 0 Å². The molecule has 0 atom stereocenters. The van der Waals surface area contributed by atoms with Gasteiger partial charge in [-0.05, 0) is 78.6 Å². The predicted octanol–water partition coefficient (Wildman–Crippen LogP) is 8.00. The summed E-state index contributed by atoms with van der Waals surface area (Å²) in [5.41, 5.74) is 11.1. The molecular formula is C28H24BrN. The second kappa shape index (κ2) is 7.77. The molecule has 0 bridgehead atoms. The average molecular weight is 454 g/mol. The molecule has 6 rings (SSSR count). The van der Waals surface area contributed by atoms with Crippen LogP contribution in [0.2, 0.25) is 0 Å². The number of rotatable bonds is 1. The number of aromatic nitrogens is 1. The van der Waals surface area contributed by atoms with Crippen molar-refractivity contribution in [1.82, 2.24) is 4.57 Å². The van der Waals surface area contributed by atoms with Gasteiger partial charge in [-0.2, -0.15) is 0 Å². The van der Waals surface area contributed by atoms with Crippen LogP contribution in [-0.4, -0.2) is 4.57 Å². The number of allylic oxidation sites excluding steroid dienone is 2. The Bertz CT molecular complexity index is 1320. The lowest BCUT2D eigenvalue weighted by Crippen LogP contribution is -1.98. The topological polar surface area (TPSA) is 4.93 Å². The summed E-state index contributed by atoms with van der Waals surface area (Å²) in [6.45, 7) is 4.38. The summed E-state index contributed by atoms with van der Waals surface area (Å²) in [5, 5.41) is 1.29.